The molecule has 0 aliphatic carbocycles. The van der Waals surface area contributed by atoms with Crippen LogP contribution in [0.3, 0.4) is 0 Å². The number of thioether (sulfide) groups is 1. The molecule has 0 aliphatic rings. The van der Waals surface area contributed by atoms with Crippen molar-refractivity contribution in [1.82, 2.24) is 25.1 Å². The average Bonchev–Trinajstić information content (AvgIpc) is 2.71. The maximum absolute atomic E-state index is 11.5. The highest BCUT2D eigenvalue weighted by atomic mass is 32.2. The van der Waals surface area contributed by atoms with Gasteiger partial charge in [-0.2, -0.15) is 4.98 Å². The Balaban J connectivity index is 0.000000594. The lowest BCUT2D eigenvalue weighted by atomic mass is 10.2. The van der Waals surface area contributed by atoms with Crippen LogP contribution in [0, 0.1) is 13.8 Å². The van der Waals surface area contributed by atoms with E-state index in [1.807, 2.05) is 27.9 Å². The van der Waals surface area contributed by atoms with Gasteiger partial charge in [0.1, 0.15) is 0 Å². The van der Waals surface area contributed by atoms with Crippen molar-refractivity contribution in [3.05, 3.63) is 11.3 Å². The smallest absolute Gasteiger partial charge is 0.391 e. The van der Waals surface area contributed by atoms with Crippen molar-refractivity contribution in [2.24, 2.45) is 5.16 Å². The van der Waals surface area contributed by atoms with E-state index in [0.717, 1.165) is 23.0 Å². The zero-order valence-corrected chi connectivity index (χ0v) is 20.4. The number of oxime groups is 1. The molecule has 0 fully saturated rings. The number of nitrogens with one attached hydrogen (secondary N) is 1. The maximum Gasteiger partial charge on any atom is 0.433 e. The summed E-state index contributed by atoms with van der Waals surface area (Å²) in [5.41, 5.74) is 1.57. The largest absolute Gasteiger partial charge is 0.433 e. The van der Waals surface area contributed by atoms with E-state index in [1.54, 1.807) is 39.3 Å². The van der Waals surface area contributed by atoms with Crippen LogP contribution in [0.1, 0.15) is 11.3 Å². The Kier molecular flexibility index (Phi) is 11.9. The molecule has 0 saturated carbocycles. The molecule has 0 bridgehead atoms. The molecule has 13 heteroatoms. The fraction of sp³-hybridized carbons (Fsp3) is 0.556. The number of aromatic nitrogens is 2. The van der Waals surface area contributed by atoms with Gasteiger partial charge in [0, 0.05) is 60.6 Å². The number of rotatable bonds is 3. The van der Waals surface area contributed by atoms with Gasteiger partial charge in [-0.25, -0.2) is 14.6 Å². The molecule has 0 saturated heterocycles. The Morgan fingerprint density at radius 2 is 1.58 bits per heavy atom. The van der Waals surface area contributed by atoms with Gasteiger partial charge in [-0.15, -0.1) is 11.8 Å². The summed E-state index contributed by atoms with van der Waals surface area (Å²) in [5.74, 6) is 0.524. The molecule has 174 valence electrons. The van der Waals surface area contributed by atoms with Gasteiger partial charge in [0.2, 0.25) is 16.9 Å². The highest BCUT2D eigenvalue weighted by molar-refractivity contribution is 8.15. The van der Waals surface area contributed by atoms with Crippen LogP contribution in [0.4, 0.5) is 15.5 Å². The van der Waals surface area contributed by atoms with Gasteiger partial charge in [-0.05, 0) is 20.1 Å². The molecule has 1 N–H and O–H groups in total. The van der Waals surface area contributed by atoms with Crippen molar-refractivity contribution in [2.75, 3.05) is 60.5 Å². The third-order valence-electron chi connectivity index (χ3n) is 3.48. The third kappa shape index (κ3) is 9.51. The van der Waals surface area contributed by atoms with Crippen molar-refractivity contribution in [2.45, 2.75) is 13.8 Å². The number of hydrogen-bond donors (Lipinski definition) is 1. The molecule has 0 atom stereocenters. The second kappa shape index (κ2) is 13.3. The molecular weight excluding hydrogens is 426 g/mol. The van der Waals surface area contributed by atoms with Gasteiger partial charge in [0.05, 0.1) is 0 Å². The summed E-state index contributed by atoms with van der Waals surface area (Å²) < 4.78 is 5.19. The van der Waals surface area contributed by atoms with Gasteiger partial charge < -0.3 is 24.8 Å². The van der Waals surface area contributed by atoms with Crippen LogP contribution < -0.4 is 15.0 Å². The highest BCUT2D eigenvalue weighted by Crippen LogP contribution is 2.20. The first-order valence-corrected chi connectivity index (χ1v) is 10.2. The van der Waals surface area contributed by atoms with Gasteiger partial charge in [0.25, 0.3) is 5.91 Å². The van der Waals surface area contributed by atoms with Crippen LogP contribution in [0.25, 0.3) is 0 Å². The Hall–Kier alpha value is -3.09. The second-order valence-electron chi connectivity index (χ2n) is 6.62. The Labute approximate surface area is 186 Å². The molecule has 1 rings (SSSR count). The number of anilines is 1. The predicted molar refractivity (Wildman–Crippen MR) is 121 cm³/mol. The first-order chi connectivity index (χ1) is 14.3. The molecular formula is C18H31N7O5S. The lowest BCUT2D eigenvalue weighted by Crippen LogP contribution is -2.28. The first-order valence-electron chi connectivity index (χ1n) is 8.99. The summed E-state index contributed by atoms with van der Waals surface area (Å²) >= 11 is 1.11. The molecule has 0 aromatic carbocycles. The van der Waals surface area contributed by atoms with Crippen molar-refractivity contribution >= 4 is 40.8 Å². The van der Waals surface area contributed by atoms with Gasteiger partial charge in [-0.1, -0.05) is 5.16 Å². The van der Waals surface area contributed by atoms with E-state index in [1.165, 1.54) is 16.8 Å². The number of carbonyl (C=O) groups excluding carboxylic acids is 3. The minimum atomic E-state index is -0.705. The molecule has 0 unspecified atom stereocenters. The van der Waals surface area contributed by atoms with Gasteiger partial charge in [0.15, 0.2) is 0 Å². The number of amides is 3. The topological polar surface area (TPSA) is 130 Å². The van der Waals surface area contributed by atoms with Crippen LogP contribution in [-0.2, 0) is 9.63 Å². The quantitative estimate of drug-likeness (QED) is 0.309. The number of aryl methyl sites for hydroxylation is 1. The molecule has 31 heavy (non-hydrogen) atoms. The Bertz CT molecular complexity index is 813. The van der Waals surface area contributed by atoms with Gasteiger partial charge in [-0.3, -0.25) is 9.63 Å². The summed E-state index contributed by atoms with van der Waals surface area (Å²) in [6, 6.07) is 0. The molecule has 3 amide bonds. The maximum atomic E-state index is 11.5. The van der Waals surface area contributed by atoms with Crippen molar-refractivity contribution in [3.8, 4) is 5.88 Å². The van der Waals surface area contributed by atoms with Crippen molar-refractivity contribution < 1.29 is 24.0 Å². The number of carbonyl (C=O) groups is 3. The Morgan fingerprint density at radius 3 is 2.00 bits per heavy atom. The Morgan fingerprint density at radius 1 is 1.00 bits per heavy atom. The van der Waals surface area contributed by atoms with E-state index in [-0.39, 0.29) is 11.0 Å². The summed E-state index contributed by atoms with van der Waals surface area (Å²) in [6.45, 7) is 3.68. The van der Waals surface area contributed by atoms with Gasteiger partial charge >= 0.3 is 12.2 Å². The van der Waals surface area contributed by atoms with Crippen LogP contribution in [0.2, 0.25) is 0 Å². The number of ether oxygens (including phenoxy) is 1. The zero-order chi connectivity index (χ0) is 24.3. The third-order valence-corrected chi connectivity index (χ3v) is 4.12. The SMILES string of the molecule is CNC(=O)ON=C(SC)C(=O)N(C)C.Cc1nc(N(C)C)nc(OC(=O)N(C)C)c1C. The zero-order valence-electron chi connectivity index (χ0n) is 19.6. The van der Waals surface area contributed by atoms with Crippen LogP contribution >= 0.6 is 11.8 Å². The summed E-state index contributed by atoms with van der Waals surface area (Å²) in [7, 11) is 11.5. The van der Waals surface area contributed by atoms with Crippen molar-refractivity contribution in [1.29, 1.82) is 0 Å². The fourth-order valence-electron chi connectivity index (χ4n) is 1.55. The fourth-order valence-corrected chi connectivity index (χ4v) is 2.01. The molecule has 0 spiro atoms. The second-order valence-corrected chi connectivity index (χ2v) is 7.42. The van der Waals surface area contributed by atoms with E-state index in [9.17, 15) is 14.4 Å². The van der Waals surface area contributed by atoms with E-state index < -0.39 is 12.2 Å². The molecule has 1 aromatic heterocycles. The van der Waals surface area contributed by atoms with E-state index in [0.29, 0.717) is 11.8 Å². The molecule has 0 radical (unpaired) electrons. The minimum absolute atomic E-state index is 0.124. The number of hydrogen-bond acceptors (Lipinski definition) is 10. The van der Waals surface area contributed by atoms with Crippen LogP contribution in [0.15, 0.2) is 5.16 Å². The minimum Gasteiger partial charge on any atom is -0.391 e. The molecule has 0 aliphatic heterocycles. The average molecular weight is 458 g/mol. The lowest BCUT2D eigenvalue weighted by Gasteiger charge is -2.16. The van der Waals surface area contributed by atoms with Crippen molar-refractivity contribution in [3.63, 3.8) is 0 Å². The molecule has 1 heterocycles. The van der Waals surface area contributed by atoms with E-state index in [2.05, 4.69) is 25.3 Å². The highest BCUT2D eigenvalue weighted by Gasteiger charge is 2.15. The van der Waals surface area contributed by atoms with Crippen LogP contribution in [-0.4, -0.2) is 98.5 Å². The molecule has 12 nitrogen and oxygen atoms in total. The first kappa shape index (κ1) is 27.9. The standard InChI is InChI=1S/C11H18N4O2.C7H13N3O3S/c1-7-8(2)12-10(14(3)4)13-9(7)17-11(16)15(5)6;1-8-7(12)13-9-5(14-4)6(11)10(2)3/h1-6H3;1-4H3,(H,8,12). The van der Waals surface area contributed by atoms with E-state index in [4.69, 9.17) is 4.74 Å². The van der Waals surface area contributed by atoms with E-state index >= 15 is 0 Å². The monoisotopic (exact) mass is 457 g/mol. The van der Waals surface area contributed by atoms with Crippen LogP contribution in [0.5, 0.6) is 5.88 Å². The lowest BCUT2D eigenvalue weighted by molar-refractivity contribution is -0.121. The predicted octanol–water partition coefficient (Wildman–Crippen LogP) is 1.33. The summed E-state index contributed by atoms with van der Waals surface area (Å²) in [4.78, 5) is 50.8. The summed E-state index contributed by atoms with van der Waals surface area (Å²) in [6.07, 6.45) is 0.520. The number of nitrogens with zero attached hydrogens (tertiary/aromatic N) is 6. The molecule has 1 aromatic rings. The summed E-state index contributed by atoms with van der Waals surface area (Å²) in [5, 5.41) is 5.74. The normalized spacial score (nSPS) is 10.3.